The van der Waals surface area contributed by atoms with Crippen molar-refractivity contribution in [3.8, 4) is 0 Å². The smallest absolute Gasteiger partial charge is 0.307 e. The minimum absolute atomic E-state index is 0.0183. The van der Waals surface area contributed by atoms with Crippen LogP contribution in [0.4, 0.5) is 0 Å². The van der Waals surface area contributed by atoms with Gasteiger partial charge in [0.1, 0.15) is 0 Å². The maximum Gasteiger partial charge on any atom is 0.307 e. The Morgan fingerprint density at radius 2 is 2.05 bits per heavy atom. The lowest BCUT2D eigenvalue weighted by atomic mass is 10.2. The van der Waals surface area contributed by atoms with Gasteiger partial charge >= 0.3 is 5.97 Å². The maximum absolute atomic E-state index is 12.2. The summed E-state index contributed by atoms with van der Waals surface area (Å²) >= 11 is 0. The van der Waals surface area contributed by atoms with Gasteiger partial charge in [0, 0.05) is 10.6 Å². The highest BCUT2D eigenvalue weighted by Gasteiger charge is 2.32. The molecule has 2 atom stereocenters. The van der Waals surface area contributed by atoms with E-state index in [0.717, 1.165) is 0 Å². The first kappa shape index (κ1) is 16.1. The summed E-state index contributed by atoms with van der Waals surface area (Å²) in [6.45, 7) is 4.26. The van der Waals surface area contributed by atoms with Crippen LogP contribution in [0.25, 0.3) is 0 Å². The van der Waals surface area contributed by atoms with Crippen molar-refractivity contribution in [2.45, 2.75) is 43.5 Å². The van der Waals surface area contributed by atoms with Gasteiger partial charge in [-0.3, -0.25) is 9.00 Å². The molecule has 1 aromatic carbocycles. The molecule has 1 aliphatic heterocycles. The van der Waals surface area contributed by atoms with Gasteiger partial charge in [-0.1, -0.05) is 12.1 Å². The van der Waals surface area contributed by atoms with Crippen molar-refractivity contribution < 1.29 is 23.6 Å². The van der Waals surface area contributed by atoms with E-state index >= 15 is 0 Å². The molecule has 21 heavy (non-hydrogen) atoms. The Labute approximate surface area is 126 Å². The number of carboxylic acid groups (broad SMARTS) is 1. The molecule has 2 unspecified atom stereocenters. The summed E-state index contributed by atoms with van der Waals surface area (Å²) in [7, 11) is -1.11. The molecule has 0 radical (unpaired) electrons. The van der Waals surface area contributed by atoms with Crippen LogP contribution in [0.3, 0.4) is 0 Å². The van der Waals surface area contributed by atoms with E-state index in [-0.39, 0.29) is 12.5 Å². The highest BCUT2D eigenvalue weighted by Crippen LogP contribution is 2.24. The van der Waals surface area contributed by atoms with Gasteiger partial charge in [0.15, 0.2) is 5.79 Å². The fraction of sp³-hybridized carbons (Fsp3) is 0.533. The van der Waals surface area contributed by atoms with Crippen LogP contribution in [-0.2, 0) is 31.5 Å². The highest BCUT2D eigenvalue weighted by atomic mass is 32.2. The molecule has 0 bridgehead atoms. The summed E-state index contributed by atoms with van der Waals surface area (Å²) < 4.78 is 23.3. The van der Waals surface area contributed by atoms with Gasteiger partial charge in [0.05, 0.1) is 29.9 Å². The number of aliphatic carboxylic acids is 1. The lowest BCUT2D eigenvalue weighted by Crippen LogP contribution is -2.22. The third kappa shape index (κ3) is 4.91. The fourth-order valence-electron chi connectivity index (χ4n) is 2.20. The maximum atomic E-state index is 12.2. The molecule has 6 heteroatoms. The van der Waals surface area contributed by atoms with Gasteiger partial charge in [0.25, 0.3) is 0 Å². The Morgan fingerprint density at radius 1 is 1.38 bits per heavy atom. The van der Waals surface area contributed by atoms with Crippen LogP contribution in [0.15, 0.2) is 29.2 Å². The number of carbonyl (C=O) groups is 1. The van der Waals surface area contributed by atoms with Crippen LogP contribution in [0.2, 0.25) is 0 Å². The predicted molar refractivity (Wildman–Crippen MR) is 78.6 cm³/mol. The zero-order valence-electron chi connectivity index (χ0n) is 12.2. The van der Waals surface area contributed by atoms with Crippen molar-refractivity contribution in [1.82, 2.24) is 0 Å². The largest absolute Gasteiger partial charge is 0.481 e. The van der Waals surface area contributed by atoms with Crippen LogP contribution >= 0.6 is 0 Å². The van der Waals surface area contributed by atoms with E-state index in [9.17, 15) is 9.00 Å². The second-order valence-corrected chi connectivity index (χ2v) is 7.07. The summed E-state index contributed by atoms with van der Waals surface area (Å²) in [5.74, 6) is -0.919. The first-order valence-electron chi connectivity index (χ1n) is 6.86. The molecule has 0 aliphatic carbocycles. The SMILES string of the molecule is CC1(C)OCC(CCS(=O)c2ccc(CC(=O)O)cc2)O1. The van der Waals surface area contributed by atoms with E-state index in [1.165, 1.54) is 0 Å². The van der Waals surface area contributed by atoms with Gasteiger partial charge < -0.3 is 14.6 Å². The second kappa shape index (κ2) is 6.68. The molecule has 2 rings (SSSR count). The Bertz CT molecular complexity index is 523. The molecule has 0 saturated carbocycles. The standard InChI is InChI=1S/C15H20O5S/c1-15(2)19-10-12(20-15)7-8-21(18)13-5-3-11(4-6-13)9-14(16)17/h3-6,12H,7-10H2,1-2H3,(H,16,17). The number of carboxylic acids is 1. The van der Waals surface area contributed by atoms with Crippen LogP contribution < -0.4 is 0 Å². The fourth-order valence-corrected chi connectivity index (χ4v) is 3.35. The summed E-state index contributed by atoms with van der Waals surface area (Å²) in [6.07, 6.45) is 0.637. The summed E-state index contributed by atoms with van der Waals surface area (Å²) in [5, 5.41) is 8.71. The van der Waals surface area contributed by atoms with E-state index in [1.54, 1.807) is 24.3 Å². The lowest BCUT2D eigenvalue weighted by molar-refractivity contribution is -0.138. The van der Waals surface area contributed by atoms with Crippen molar-refractivity contribution in [1.29, 1.82) is 0 Å². The van der Waals surface area contributed by atoms with E-state index in [2.05, 4.69) is 0 Å². The van der Waals surface area contributed by atoms with E-state index in [1.807, 2.05) is 13.8 Å². The monoisotopic (exact) mass is 312 g/mol. The number of benzene rings is 1. The lowest BCUT2D eigenvalue weighted by Gasteiger charge is -2.16. The van der Waals surface area contributed by atoms with Gasteiger partial charge in [-0.15, -0.1) is 0 Å². The molecule has 116 valence electrons. The molecule has 0 aromatic heterocycles. The first-order chi connectivity index (χ1) is 9.85. The van der Waals surface area contributed by atoms with Crippen molar-refractivity contribution in [3.63, 3.8) is 0 Å². The predicted octanol–water partition coefficient (Wildman–Crippen LogP) is 1.96. The number of ether oxygens (including phenoxy) is 2. The van der Waals surface area contributed by atoms with E-state index < -0.39 is 22.6 Å². The third-order valence-corrected chi connectivity index (χ3v) is 4.64. The van der Waals surface area contributed by atoms with Crippen molar-refractivity contribution >= 4 is 16.8 Å². The van der Waals surface area contributed by atoms with Crippen LogP contribution in [-0.4, -0.2) is 39.5 Å². The molecule has 0 amide bonds. The minimum atomic E-state index is -1.11. The zero-order valence-corrected chi connectivity index (χ0v) is 13.0. The Kier molecular flexibility index (Phi) is 5.13. The number of rotatable bonds is 6. The van der Waals surface area contributed by atoms with Crippen LogP contribution in [0.1, 0.15) is 25.8 Å². The first-order valence-corrected chi connectivity index (χ1v) is 8.18. The Balaban J connectivity index is 1.84. The highest BCUT2D eigenvalue weighted by molar-refractivity contribution is 7.85. The molecule has 0 spiro atoms. The summed E-state index contributed by atoms with van der Waals surface area (Å²) in [5.41, 5.74) is 0.706. The average molecular weight is 312 g/mol. The van der Waals surface area contributed by atoms with Crippen LogP contribution in [0, 0.1) is 0 Å². The van der Waals surface area contributed by atoms with Crippen molar-refractivity contribution in [2.75, 3.05) is 12.4 Å². The van der Waals surface area contributed by atoms with Crippen molar-refractivity contribution in [2.24, 2.45) is 0 Å². The van der Waals surface area contributed by atoms with E-state index in [0.29, 0.717) is 29.2 Å². The Hall–Kier alpha value is -1.24. The van der Waals surface area contributed by atoms with Crippen molar-refractivity contribution in [3.05, 3.63) is 29.8 Å². The second-order valence-electron chi connectivity index (χ2n) is 5.50. The molecule has 1 fully saturated rings. The van der Waals surface area contributed by atoms with Crippen LogP contribution in [0.5, 0.6) is 0 Å². The molecule has 1 N–H and O–H groups in total. The van der Waals surface area contributed by atoms with E-state index in [4.69, 9.17) is 14.6 Å². The minimum Gasteiger partial charge on any atom is -0.481 e. The molecule has 1 heterocycles. The molecular formula is C15H20O5S. The number of hydrogen-bond acceptors (Lipinski definition) is 4. The average Bonchev–Trinajstić information content (AvgIpc) is 2.76. The number of hydrogen-bond donors (Lipinski definition) is 1. The summed E-state index contributed by atoms with van der Waals surface area (Å²) in [6, 6.07) is 6.87. The molecule has 1 aromatic rings. The normalized spacial score (nSPS) is 22.1. The molecule has 1 aliphatic rings. The topological polar surface area (TPSA) is 72.8 Å². The summed E-state index contributed by atoms with van der Waals surface area (Å²) in [4.78, 5) is 11.3. The van der Waals surface area contributed by atoms with Gasteiger partial charge in [-0.25, -0.2) is 0 Å². The van der Waals surface area contributed by atoms with Gasteiger partial charge in [-0.2, -0.15) is 0 Å². The molecular weight excluding hydrogens is 292 g/mol. The molecule has 5 nitrogen and oxygen atoms in total. The quantitative estimate of drug-likeness (QED) is 0.869. The Morgan fingerprint density at radius 3 is 2.57 bits per heavy atom. The third-order valence-electron chi connectivity index (χ3n) is 3.23. The zero-order chi connectivity index (χ0) is 15.5. The molecule has 1 saturated heterocycles. The van der Waals surface area contributed by atoms with Gasteiger partial charge in [-0.05, 0) is 38.0 Å². The van der Waals surface area contributed by atoms with Gasteiger partial charge in [0.2, 0.25) is 0 Å².